The highest BCUT2D eigenvalue weighted by Crippen LogP contribution is 2.33. The van der Waals surface area contributed by atoms with E-state index in [0.717, 1.165) is 12.8 Å². The summed E-state index contributed by atoms with van der Waals surface area (Å²) < 4.78 is 12.6. The quantitative estimate of drug-likeness (QED) is 0.303. The van der Waals surface area contributed by atoms with Crippen LogP contribution in [0.25, 0.3) is 11.2 Å². The first kappa shape index (κ1) is 26.0. The van der Waals surface area contributed by atoms with E-state index in [4.69, 9.17) is 14.9 Å². The lowest BCUT2D eigenvalue weighted by molar-refractivity contribution is -0.141. The number of ether oxygens (including phenoxy) is 2. The van der Waals surface area contributed by atoms with E-state index in [1.54, 1.807) is 18.5 Å². The van der Waals surface area contributed by atoms with Crippen molar-refractivity contribution in [3.8, 4) is 0 Å². The largest absolute Gasteiger partial charge is 0.469 e. The van der Waals surface area contributed by atoms with Gasteiger partial charge in [-0.25, -0.2) is 19.7 Å². The van der Waals surface area contributed by atoms with E-state index in [1.807, 2.05) is 22.8 Å². The number of carbonyl (C=O) groups is 2. The van der Waals surface area contributed by atoms with Gasteiger partial charge in [0, 0.05) is 12.1 Å². The second-order valence-corrected chi connectivity index (χ2v) is 8.39. The average Bonchev–Trinajstić information content (AvgIpc) is 3.44. The number of nitrogens with zero attached hydrogens (tertiary/aromatic N) is 4. The van der Waals surface area contributed by atoms with Crippen molar-refractivity contribution in [2.24, 2.45) is 0 Å². The van der Waals surface area contributed by atoms with Crippen LogP contribution in [0.4, 0.5) is 16.3 Å². The van der Waals surface area contributed by atoms with E-state index < -0.39 is 11.8 Å². The SMILES string of the molecule is CC(C)(O)O.COC(=O)CCC1CCC(n2cnc3c(NC(=O)Nc4ccccc4)ncnc32)O1. The van der Waals surface area contributed by atoms with Crippen molar-refractivity contribution in [1.29, 1.82) is 0 Å². The Morgan fingerprint density at radius 1 is 1.14 bits per heavy atom. The van der Waals surface area contributed by atoms with E-state index in [0.29, 0.717) is 35.5 Å². The molecule has 0 bridgehead atoms. The molecule has 1 aromatic carbocycles. The normalized spacial score (nSPS) is 17.4. The Labute approximate surface area is 202 Å². The number of carbonyl (C=O) groups excluding carboxylic acids is 2. The van der Waals surface area contributed by atoms with Crippen LogP contribution in [-0.4, -0.2) is 60.7 Å². The molecule has 1 saturated heterocycles. The number of hydrogen-bond donors (Lipinski definition) is 4. The predicted octanol–water partition coefficient (Wildman–Crippen LogP) is 2.81. The molecule has 3 aromatic rings. The van der Waals surface area contributed by atoms with Crippen molar-refractivity contribution in [3.05, 3.63) is 43.0 Å². The third-order valence-electron chi connectivity index (χ3n) is 4.92. The first-order valence-corrected chi connectivity index (χ1v) is 11.1. The number of fused-ring (bicyclic) bond motifs is 1. The van der Waals surface area contributed by atoms with Gasteiger partial charge in [-0.1, -0.05) is 18.2 Å². The zero-order chi connectivity index (χ0) is 25.4. The molecule has 35 heavy (non-hydrogen) atoms. The highest BCUT2D eigenvalue weighted by molar-refractivity contribution is 6.02. The van der Waals surface area contributed by atoms with E-state index in [9.17, 15) is 9.59 Å². The third-order valence-corrected chi connectivity index (χ3v) is 4.92. The maximum absolute atomic E-state index is 12.3. The summed E-state index contributed by atoms with van der Waals surface area (Å²) in [5.41, 5.74) is 1.71. The van der Waals surface area contributed by atoms with Crippen molar-refractivity contribution in [2.75, 3.05) is 17.7 Å². The minimum Gasteiger partial charge on any atom is -0.469 e. The van der Waals surface area contributed by atoms with Gasteiger partial charge in [-0.05, 0) is 45.2 Å². The maximum Gasteiger partial charge on any atom is 0.324 e. The van der Waals surface area contributed by atoms with Crippen LogP contribution in [0.1, 0.15) is 45.8 Å². The number of aliphatic hydroxyl groups is 2. The number of nitrogens with one attached hydrogen (secondary N) is 2. The molecule has 4 N–H and O–H groups in total. The van der Waals surface area contributed by atoms with Gasteiger partial charge in [-0.15, -0.1) is 0 Å². The highest BCUT2D eigenvalue weighted by Gasteiger charge is 2.29. The molecular formula is C23H30N6O6. The first-order chi connectivity index (χ1) is 16.6. The molecule has 3 heterocycles. The van der Waals surface area contributed by atoms with Crippen LogP contribution in [0.5, 0.6) is 0 Å². The van der Waals surface area contributed by atoms with Crippen LogP contribution in [0.3, 0.4) is 0 Å². The topological polar surface area (TPSA) is 161 Å². The Balaban J connectivity index is 0.000000623. The Bertz CT molecular complexity index is 1120. The van der Waals surface area contributed by atoms with Gasteiger partial charge in [-0.2, -0.15) is 0 Å². The lowest BCUT2D eigenvalue weighted by Crippen LogP contribution is -2.20. The molecule has 4 rings (SSSR count). The molecule has 12 nitrogen and oxygen atoms in total. The van der Waals surface area contributed by atoms with Crippen molar-refractivity contribution >= 4 is 34.7 Å². The van der Waals surface area contributed by atoms with Crippen LogP contribution in [0.15, 0.2) is 43.0 Å². The molecule has 1 aliphatic heterocycles. The van der Waals surface area contributed by atoms with Crippen molar-refractivity contribution < 1.29 is 29.3 Å². The molecule has 2 amide bonds. The van der Waals surface area contributed by atoms with Gasteiger partial charge in [0.05, 0.1) is 19.5 Å². The molecule has 0 spiro atoms. The number of aromatic nitrogens is 4. The maximum atomic E-state index is 12.3. The number of amides is 2. The highest BCUT2D eigenvalue weighted by atomic mass is 16.5. The summed E-state index contributed by atoms with van der Waals surface area (Å²) in [7, 11) is 1.38. The lowest BCUT2D eigenvalue weighted by Gasteiger charge is -2.15. The van der Waals surface area contributed by atoms with Crippen molar-refractivity contribution in [2.45, 2.75) is 57.6 Å². The van der Waals surface area contributed by atoms with Crippen molar-refractivity contribution in [3.63, 3.8) is 0 Å². The minimum atomic E-state index is -1.50. The van der Waals surface area contributed by atoms with Crippen LogP contribution in [0.2, 0.25) is 0 Å². The molecule has 2 aromatic heterocycles. The molecule has 0 radical (unpaired) electrons. The summed E-state index contributed by atoms with van der Waals surface area (Å²) in [4.78, 5) is 36.5. The van der Waals surface area contributed by atoms with Crippen molar-refractivity contribution in [1.82, 2.24) is 19.5 Å². The van der Waals surface area contributed by atoms with Crippen LogP contribution < -0.4 is 10.6 Å². The van der Waals surface area contributed by atoms with Gasteiger partial charge in [0.1, 0.15) is 12.6 Å². The predicted molar refractivity (Wildman–Crippen MR) is 127 cm³/mol. The monoisotopic (exact) mass is 486 g/mol. The molecule has 0 saturated carbocycles. The standard InChI is InChI=1S/C20H22N6O4.C3H8O2/c1-29-16(27)10-8-14-7-9-15(30-14)26-12-23-17-18(21-11-22-19(17)26)25-20(28)24-13-5-3-2-4-6-13;1-3(2,4)5/h2-6,11-12,14-15H,7-10H2,1H3,(H2,21,22,24,25,28);4-5H,1-2H3. The Kier molecular flexibility index (Phi) is 8.68. The van der Waals surface area contributed by atoms with Gasteiger partial charge in [0.15, 0.2) is 22.8 Å². The fourth-order valence-electron chi connectivity index (χ4n) is 3.43. The first-order valence-electron chi connectivity index (χ1n) is 11.1. The lowest BCUT2D eigenvalue weighted by atomic mass is 10.1. The van der Waals surface area contributed by atoms with Gasteiger partial charge >= 0.3 is 12.0 Å². The number of para-hydroxylation sites is 1. The van der Waals surface area contributed by atoms with E-state index in [-0.39, 0.29) is 18.3 Å². The second kappa shape index (κ2) is 11.7. The van der Waals surface area contributed by atoms with E-state index >= 15 is 0 Å². The van der Waals surface area contributed by atoms with Gasteiger partial charge < -0.3 is 25.0 Å². The number of imidazole rings is 1. The summed E-state index contributed by atoms with van der Waals surface area (Å²) >= 11 is 0. The van der Waals surface area contributed by atoms with Crippen LogP contribution in [-0.2, 0) is 14.3 Å². The zero-order valence-corrected chi connectivity index (χ0v) is 19.8. The molecule has 1 aliphatic rings. The summed E-state index contributed by atoms with van der Waals surface area (Å²) in [5, 5.41) is 21.6. The average molecular weight is 487 g/mol. The summed E-state index contributed by atoms with van der Waals surface area (Å²) in [6.45, 7) is 2.60. The molecule has 1 fully saturated rings. The zero-order valence-electron chi connectivity index (χ0n) is 19.8. The summed E-state index contributed by atoms with van der Waals surface area (Å²) in [6, 6.07) is 8.70. The third kappa shape index (κ3) is 7.98. The number of rotatable bonds is 6. The number of urea groups is 1. The molecular weight excluding hydrogens is 456 g/mol. The number of methoxy groups -OCH3 is 1. The number of esters is 1. The van der Waals surface area contributed by atoms with Crippen LogP contribution in [0, 0.1) is 0 Å². The molecule has 0 aliphatic carbocycles. The Hall–Kier alpha value is -3.61. The van der Waals surface area contributed by atoms with E-state index in [2.05, 4.69) is 30.3 Å². The number of hydrogen-bond acceptors (Lipinski definition) is 9. The molecule has 2 unspecified atom stereocenters. The second-order valence-electron chi connectivity index (χ2n) is 8.39. The number of anilines is 2. The Morgan fingerprint density at radius 2 is 1.86 bits per heavy atom. The summed E-state index contributed by atoms with van der Waals surface area (Å²) in [5.74, 6) is -1.43. The van der Waals surface area contributed by atoms with Gasteiger partial charge in [0.25, 0.3) is 0 Å². The minimum absolute atomic E-state index is 0.0253. The summed E-state index contributed by atoms with van der Waals surface area (Å²) in [6.07, 6.45) is 5.29. The molecule has 188 valence electrons. The fraction of sp³-hybridized carbons (Fsp3) is 0.435. The molecule has 2 atom stereocenters. The Morgan fingerprint density at radius 3 is 2.54 bits per heavy atom. The molecule has 12 heteroatoms. The van der Waals surface area contributed by atoms with Gasteiger partial charge in [-0.3, -0.25) is 14.7 Å². The number of benzene rings is 1. The van der Waals surface area contributed by atoms with Crippen LogP contribution >= 0.6 is 0 Å². The van der Waals surface area contributed by atoms with E-state index in [1.165, 1.54) is 27.3 Å². The smallest absolute Gasteiger partial charge is 0.324 e. The van der Waals surface area contributed by atoms with Gasteiger partial charge in [0.2, 0.25) is 0 Å². The fourth-order valence-corrected chi connectivity index (χ4v) is 3.43.